The predicted molar refractivity (Wildman–Crippen MR) is 266 cm³/mol. The molecule has 3 nitrogen and oxygen atoms in total. The quantitative estimate of drug-likeness (QED) is 0.145. The van der Waals surface area contributed by atoms with E-state index in [1.54, 1.807) is 0 Å². The Hall–Kier alpha value is -8.40. The highest BCUT2D eigenvalue weighted by Gasteiger charge is 2.46. The first-order valence-corrected chi connectivity index (χ1v) is 21.9. The van der Waals surface area contributed by atoms with E-state index in [4.69, 9.17) is 4.42 Å². The largest absolute Gasteiger partial charge is 0.456 e. The molecule has 1 heterocycles. The second-order valence-electron chi connectivity index (χ2n) is 16.5. The van der Waals surface area contributed by atoms with Crippen molar-refractivity contribution in [2.24, 2.45) is 0 Å². The molecule has 0 fully saturated rings. The molecule has 12 rings (SSSR count). The number of furan rings is 1. The van der Waals surface area contributed by atoms with Gasteiger partial charge in [0.2, 0.25) is 0 Å². The molecule has 0 N–H and O–H groups in total. The third-order valence-electron chi connectivity index (χ3n) is 12.9. The van der Waals surface area contributed by atoms with E-state index in [0.717, 1.165) is 56.1 Å². The number of anilines is 6. The molecule has 0 saturated carbocycles. The Morgan fingerprint density at radius 3 is 1.42 bits per heavy atom. The summed E-state index contributed by atoms with van der Waals surface area (Å²) in [7, 11) is 0. The maximum absolute atomic E-state index is 6.44. The van der Waals surface area contributed by atoms with E-state index in [-0.39, 0.29) is 0 Å². The number of hydrogen-bond donors (Lipinski definition) is 0. The van der Waals surface area contributed by atoms with Crippen LogP contribution in [-0.4, -0.2) is 0 Å². The van der Waals surface area contributed by atoms with Crippen LogP contribution >= 0.6 is 0 Å². The van der Waals surface area contributed by atoms with Gasteiger partial charge in [-0.25, -0.2) is 0 Å². The smallest absolute Gasteiger partial charge is 0.137 e. The molecule has 0 spiro atoms. The minimum atomic E-state index is -0.533. The van der Waals surface area contributed by atoms with Crippen LogP contribution in [0.3, 0.4) is 0 Å². The fourth-order valence-corrected chi connectivity index (χ4v) is 10.1. The van der Waals surface area contributed by atoms with Crippen LogP contribution < -0.4 is 9.80 Å². The summed E-state index contributed by atoms with van der Waals surface area (Å²) >= 11 is 0. The van der Waals surface area contributed by atoms with Crippen molar-refractivity contribution in [2.75, 3.05) is 9.80 Å². The highest BCUT2D eigenvalue weighted by Crippen LogP contribution is 2.56. The van der Waals surface area contributed by atoms with Crippen molar-refractivity contribution < 1.29 is 4.42 Å². The minimum Gasteiger partial charge on any atom is -0.456 e. The average molecular weight is 819 g/mol. The Labute approximate surface area is 373 Å². The molecule has 11 aromatic rings. The highest BCUT2D eigenvalue weighted by molar-refractivity contribution is 6.06. The third-order valence-corrected chi connectivity index (χ3v) is 12.9. The summed E-state index contributed by atoms with van der Waals surface area (Å²) in [5.41, 5.74) is 17.4. The van der Waals surface area contributed by atoms with Gasteiger partial charge in [0, 0.05) is 51.0 Å². The van der Waals surface area contributed by atoms with Crippen LogP contribution in [0.5, 0.6) is 0 Å². The number of rotatable bonds is 9. The van der Waals surface area contributed by atoms with Gasteiger partial charge in [-0.15, -0.1) is 0 Å². The van der Waals surface area contributed by atoms with E-state index >= 15 is 0 Å². The first-order chi connectivity index (χ1) is 31.7. The Balaban J connectivity index is 1.05. The van der Waals surface area contributed by atoms with Crippen molar-refractivity contribution in [1.82, 2.24) is 0 Å². The lowest BCUT2D eigenvalue weighted by molar-refractivity contribution is 0.669. The van der Waals surface area contributed by atoms with Gasteiger partial charge in [0.05, 0.1) is 5.41 Å². The molecule has 1 aliphatic carbocycles. The maximum Gasteiger partial charge on any atom is 0.137 e. The monoisotopic (exact) mass is 818 g/mol. The summed E-state index contributed by atoms with van der Waals surface area (Å²) in [6, 6.07) is 92.0. The van der Waals surface area contributed by atoms with Gasteiger partial charge in [0.25, 0.3) is 0 Å². The van der Waals surface area contributed by atoms with Gasteiger partial charge >= 0.3 is 0 Å². The van der Waals surface area contributed by atoms with Crippen molar-refractivity contribution in [3.63, 3.8) is 0 Å². The van der Waals surface area contributed by atoms with Gasteiger partial charge in [-0.05, 0) is 117 Å². The molecule has 0 bridgehead atoms. The first-order valence-electron chi connectivity index (χ1n) is 21.9. The van der Waals surface area contributed by atoms with E-state index in [9.17, 15) is 0 Å². The molecule has 1 aliphatic rings. The van der Waals surface area contributed by atoms with Crippen molar-refractivity contribution >= 4 is 56.1 Å². The Bertz CT molecular complexity index is 3400. The number of benzene rings is 10. The Morgan fingerprint density at radius 2 is 0.734 bits per heavy atom. The van der Waals surface area contributed by atoms with Crippen LogP contribution in [-0.2, 0) is 5.41 Å². The fraction of sp³-hybridized carbons (Fsp3) is 0.0164. The molecule has 3 heteroatoms. The Morgan fingerprint density at radius 1 is 0.281 bits per heavy atom. The van der Waals surface area contributed by atoms with E-state index in [1.165, 1.54) is 44.5 Å². The molecular weight excluding hydrogens is 777 g/mol. The molecule has 0 radical (unpaired) electrons. The molecule has 0 unspecified atom stereocenters. The normalized spacial score (nSPS) is 12.5. The van der Waals surface area contributed by atoms with Gasteiger partial charge in [-0.3, -0.25) is 0 Å². The van der Waals surface area contributed by atoms with Crippen LogP contribution in [0, 0.1) is 0 Å². The molecule has 0 atom stereocenters. The molecule has 1 aromatic heterocycles. The lowest BCUT2D eigenvalue weighted by Crippen LogP contribution is -2.28. The average Bonchev–Trinajstić information content (AvgIpc) is 3.89. The standard InChI is InChI=1S/C61H42N2O/c1-4-18-43(19-5-1)44-34-36-48(37-35-44)63(49-25-16-22-46(40-49)61(45-20-6-2-7-21-45)57-31-13-10-28-53(57)54-29-11-14-32-58(54)61)51-27-17-26-50(41-51)62(47-23-8-3-9-24-47)52-38-39-56-55-30-12-15-33-59(55)64-60(56)42-52/h1-42H. The van der Waals surface area contributed by atoms with Gasteiger partial charge in [0.15, 0.2) is 0 Å². The van der Waals surface area contributed by atoms with Crippen LogP contribution in [0.2, 0.25) is 0 Å². The molecular formula is C61H42N2O. The number of fused-ring (bicyclic) bond motifs is 6. The number of nitrogens with zero attached hydrogens (tertiary/aromatic N) is 2. The van der Waals surface area contributed by atoms with Crippen molar-refractivity contribution in [3.8, 4) is 22.3 Å². The summed E-state index contributed by atoms with van der Waals surface area (Å²) in [5, 5.41) is 2.22. The van der Waals surface area contributed by atoms with Gasteiger partial charge in [0.1, 0.15) is 11.2 Å². The predicted octanol–water partition coefficient (Wildman–Crippen LogP) is 16.6. The van der Waals surface area contributed by atoms with E-state index in [2.05, 4.69) is 252 Å². The van der Waals surface area contributed by atoms with Crippen molar-refractivity contribution in [3.05, 3.63) is 277 Å². The van der Waals surface area contributed by atoms with E-state index in [1.807, 2.05) is 12.1 Å². The van der Waals surface area contributed by atoms with Crippen molar-refractivity contribution in [1.29, 1.82) is 0 Å². The first kappa shape index (κ1) is 37.4. The highest BCUT2D eigenvalue weighted by atomic mass is 16.3. The summed E-state index contributed by atoms with van der Waals surface area (Å²) in [6.07, 6.45) is 0. The van der Waals surface area contributed by atoms with E-state index < -0.39 is 5.41 Å². The topological polar surface area (TPSA) is 19.6 Å². The zero-order valence-corrected chi connectivity index (χ0v) is 35.1. The number of para-hydroxylation sites is 2. The number of hydrogen-bond acceptors (Lipinski definition) is 3. The Kier molecular flexibility index (Phi) is 9.05. The van der Waals surface area contributed by atoms with Crippen LogP contribution in [0.4, 0.5) is 34.1 Å². The molecule has 10 aromatic carbocycles. The molecule has 302 valence electrons. The van der Waals surface area contributed by atoms with Crippen LogP contribution in [0.1, 0.15) is 22.3 Å². The summed E-state index contributed by atoms with van der Waals surface area (Å²) < 4.78 is 6.44. The van der Waals surface area contributed by atoms with Gasteiger partial charge < -0.3 is 14.2 Å². The molecule has 0 amide bonds. The SMILES string of the molecule is c1ccc(-c2ccc(N(c3cccc(N(c4ccccc4)c4ccc5c(c4)oc4ccccc45)c3)c3cccc(C4(c5ccccc5)c5ccccc5-c5ccccc54)c3)cc2)cc1. The maximum atomic E-state index is 6.44. The summed E-state index contributed by atoms with van der Waals surface area (Å²) in [5.74, 6) is 0. The summed E-state index contributed by atoms with van der Waals surface area (Å²) in [4.78, 5) is 4.72. The lowest BCUT2D eigenvalue weighted by Gasteiger charge is -2.35. The fourth-order valence-electron chi connectivity index (χ4n) is 10.1. The second kappa shape index (κ2) is 15.5. The van der Waals surface area contributed by atoms with Crippen LogP contribution in [0.25, 0.3) is 44.2 Å². The molecule has 0 aliphatic heterocycles. The lowest BCUT2D eigenvalue weighted by atomic mass is 9.67. The summed E-state index contributed by atoms with van der Waals surface area (Å²) in [6.45, 7) is 0. The van der Waals surface area contributed by atoms with Gasteiger partial charge in [-0.2, -0.15) is 0 Å². The van der Waals surface area contributed by atoms with E-state index in [0.29, 0.717) is 0 Å². The zero-order valence-electron chi connectivity index (χ0n) is 35.1. The zero-order chi connectivity index (χ0) is 42.5. The van der Waals surface area contributed by atoms with Gasteiger partial charge in [-0.1, -0.05) is 176 Å². The minimum absolute atomic E-state index is 0.533. The van der Waals surface area contributed by atoms with Crippen LogP contribution in [0.15, 0.2) is 259 Å². The van der Waals surface area contributed by atoms with Crippen molar-refractivity contribution in [2.45, 2.75) is 5.41 Å². The molecule has 0 saturated heterocycles. The molecule has 64 heavy (non-hydrogen) atoms. The second-order valence-corrected chi connectivity index (χ2v) is 16.5. The third kappa shape index (κ3) is 6.13.